The lowest BCUT2D eigenvalue weighted by atomic mass is 9.93. The van der Waals surface area contributed by atoms with Crippen LogP contribution < -0.4 is 10.0 Å². The second kappa shape index (κ2) is 4.86. The molecule has 0 spiro atoms. The van der Waals surface area contributed by atoms with Crippen LogP contribution in [0.3, 0.4) is 0 Å². The largest absolute Gasteiger partial charge is 0.313 e. The zero-order chi connectivity index (χ0) is 12.5. The topological polar surface area (TPSA) is 58.2 Å². The molecule has 0 bridgehead atoms. The minimum Gasteiger partial charge on any atom is -0.313 e. The van der Waals surface area contributed by atoms with Gasteiger partial charge in [0, 0.05) is 12.6 Å². The molecule has 0 aromatic rings. The average Bonchev–Trinajstić information content (AvgIpc) is 2.89. The average molecular weight is 260 g/mol. The summed E-state index contributed by atoms with van der Waals surface area (Å²) in [5, 5.41) is 3.23. The van der Waals surface area contributed by atoms with E-state index >= 15 is 0 Å². The Labute approximate surface area is 105 Å². The molecule has 2 fully saturated rings. The number of hydrogen-bond acceptors (Lipinski definition) is 3. The summed E-state index contributed by atoms with van der Waals surface area (Å²) in [7, 11) is -3.10. The Bertz CT molecular complexity index is 355. The maximum atomic E-state index is 11.9. The summed E-state index contributed by atoms with van der Waals surface area (Å²) in [6, 6.07) is 0.154. The van der Waals surface area contributed by atoms with E-state index in [0.29, 0.717) is 12.5 Å². The third-order valence-electron chi connectivity index (χ3n) is 4.34. The van der Waals surface area contributed by atoms with Crippen molar-refractivity contribution in [3.05, 3.63) is 0 Å². The van der Waals surface area contributed by atoms with E-state index in [1.807, 2.05) is 0 Å². The fraction of sp³-hybridized carbons (Fsp3) is 1.00. The summed E-state index contributed by atoms with van der Waals surface area (Å²) in [5.41, 5.74) is 0.246. The molecule has 17 heavy (non-hydrogen) atoms. The highest BCUT2D eigenvalue weighted by Crippen LogP contribution is 2.51. The molecule has 2 rings (SSSR count). The van der Waals surface area contributed by atoms with Crippen molar-refractivity contribution < 1.29 is 8.42 Å². The smallest absolute Gasteiger partial charge is 0.213 e. The highest BCUT2D eigenvalue weighted by atomic mass is 32.2. The first-order chi connectivity index (χ1) is 7.94. The van der Waals surface area contributed by atoms with Crippen LogP contribution >= 0.6 is 0 Å². The van der Waals surface area contributed by atoms with E-state index in [9.17, 15) is 8.42 Å². The van der Waals surface area contributed by atoms with Gasteiger partial charge < -0.3 is 5.32 Å². The molecule has 0 amide bonds. The number of rotatable bonds is 6. The maximum Gasteiger partial charge on any atom is 0.213 e. The summed E-state index contributed by atoms with van der Waals surface area (Å²) < 4.78 is 26.7. The van der Waals surface area contributed by atoms with E-state index in [-0.39, 0.29) is 17.2 Å². The molecule has 1 aliphatic carbocycles. The molecule has 1 unspecified atom stereocenters. The van der Waals surface area contributed by atoms with Gasteiger partial charge in [-0.25, -0.2) is 13.1 Å². The van der Waals surface area contributed by atoms with E-state index in [1.54, 1.807) is 0 Å². The van der Waals surface area contributed by atoms with Gasteiger partial charge in [0.25, 0.3) is 0 Å². The Morgan fingerprint density at radius 3 is 2.59 bits per heavy atom. The SMILES string of the molecule is CC(C)C1(CNS(=O)(=O)CC2CCCN2)CC1. The Morgan fingerprint density at radius 1 is 1.41 bits per heavy atom. The van der Waals surface area contributed by atoms with Gasteiger partial charge in [-0.15, -0.1) is 0 Å². The summed E-state index contributed by atoms with van der Waals surface area (Å²) in [5.74, 6) is 0.802. The van der Waals surface area contributed by atoms with Crippen LogP contribution in [-0.2, 0) is 10.0 Å². The molecule has 0 radical (unpaired) electrons. The molecular formula is C12H24N2O2S. The van der Waals surface area contributed by atoms with Gasteiger partial charge in [0.1, 0.15) is 0 Å². The van der Waals surface area contributed by atoms with Gasteiger partial charge in [-0.1, -0.05) is 13.8 Å². The molecule has 0 aromatic carbocycles. The summed E-state index contributed by atoms with van der Waals surface area (Å²) in [6.07, 6.45) is 4.40. The monoisotopic (exact) mass is 260 g/mol. The third kappa shape index (κ3) is 3.42. The zero-order valence-corrected chi connectivity index (χ0v) is 11.6. The highest BCUT2D eigenvalue weighted by Gasteiger charge is 2.45. The van der Waals surface area contributed by atoms with Crippen molar-refractivity contribution in [1.82, 2.24) is 10.0 Å². The molecule has 0 aromatic heterocycles. The van der Waals surface area contributed by atoms with Crippen molar-refractivity contribution >= 4 is 10.0 Å². The molecule has 2 N–H and O–H groups in total. The van der Waals surface area contributed by atoms with Gasteiger partial charge in [0.2, 0.25) is 10.0 Å². The Morgan fingerprint density at radius 2 is 2.12 bits per heavy atom. The Hall–Kier alpha value is -0.130. The van der Waals surface area contributed by atoms with Gasteiger partial charge in [-0.3, -0.25) is 0 Å². The predicted octanol–water partition coefficient (Wildman–Crippen LogP) is 1.09. The van der Waals surface area contributed by atoms with Crippen molar-refractivity contribution in [2.45, 2.75) is 45.6 Å². The van der Waals surface area contributed by atoms with Crippen LogP contribution in [0.4, 0.5) is 0 Å². The lowest BCUT2D eigenvalue weighted by molar-refractivity contribution is 0.357. The molecule has 1 heterocycles. The van der Waals surface area contributed by atoms with E-state index in [0.717, 1.165) is 32.2 Å². The molecular weight excluding hydrogens is 236 g/mol. The van der Waals surface area contributed by atoms with E-state index in [1.165, 1.54) is 0 Å². The highest BCUT2D eigenvalue weighted by molar-refractivity contribution is 7.89. The molecule has 100 valence electrons. The summed E-state index contributed by atoms with van der Waals surface area (Å²) in [6.45, 7) is 5.94. The van der Waals surface area contributed by atoms with Crippen LogP contribution in [0.1, 0.15) is 39.5 Å². The molecule has 1 saturated heterocycles. The van der Waals surface area contributed by atoms with Gasteiger partial charge in [-0.05, 0) is 43.6 Å². The number of sulfonamides is 1. The third-order valence-corrected chi connectivity index (χ3v) is 5.77. The first kappa shape index (κ1) is 13.3. The fourth-order valence-corrected chi connectivity index (χ4v) is 4.03. The zero-order valence-electron chi connectivity index (χ0n) is 10.8. The normalized spacial score (nSPS) is 27.6. The van der Waals surface area contributed by atoms with E-state index in [2.05, 4.69) is 23.9 Å². The predicted molar refractivity (Wildman–Crippen MR) is 69.3 cm³/mol. The molecule has 4 nitrogen and oxygen atoms in total. The summed E-state index contributed by atoms with van der Waals surface area (Å²) >= 11 is 0. The standard InChI is InChI=1S/C12H24N2O2S/c1-10(2)12(5-6-12)9-14-17(15,16)8-11-4-3-7-13-11/h10-11,13-14H,3-9H2,1-2H3. The Kier molecular flexibility index (Phi) is 3.80. The second-order valence-corrected chi connectivity index (χ2v) is 7.76. The lowest BCUT2D eigenvalue weighted by Crippen LogP contribution is -2.39. The second-order valence-electron chi connectivity index (χ2n) is 5.91. The van der Waals surface area contributed by atoms with Crippen LogP contribution in [0.15, 0.2) is 0 Å². The van der Waals surface area contributed by atoms with Crippen molar-refractivity contribution in [1.29, 1.82) is 0 Å². The van der Waals surface area contributed by atoms with Gasteiger partial charge in [0.15, 0.2) is 0 Å². The van der Waals surface area contributed by atoms with E-state index in [4.69, 9.17) is 0 Å². The molecule has 1 saturated carbocycles. The minimum atomic E-state index is -3.10. The Balaban J connectivity index is 1.81. The van der Waals surface area contributed by atoms with Crippen LogP contribution in [-0.4, -0.2) is 33.3 Å². The number of nitrogens with one attached hydrogen (secondary N) is 2. The molecule has 2 aliphatic rings. The van der Waals surface area contributed by atoms with Crippen molar-refractivity contribution in [2.75, 3.05) is 18.8 Å². The van der Waals surface area contributed by atoms with Crippen LogP contribution in [0, 0.1) is 11.3 Å². The lowest BCUT2D eigenvalue weighted by Gasteiger charge is -2.20. The first-order valence-electron chi connectivity index (χ1n) is 6.64. The summed E-state index contributed by atoms with van der Waals surface area (Å²) in [4.78, 5) is 0. The molecule has 1 atom stereocenters. The quantitative estimate of drug-likeness (QED) is 0.752. The van der Waals surface area contributed by atoms with Crippen LogP contribution in [0.25, 0.3) is 0 Å². The van der Waals surface area contributed by atoms with Crippen molar-refractivity contribution in [3.8, 4) is 0 Å². The van der Waals surface area contributed by atoms with Gasteiger partial charge >= 0.3 is 0 Å². The van der Waals surface area contributed by atoms with Crippen LogP contribution in [0.5, 0.6) is 0 Å². The van der Waals surface area contributed by atoms with Crippen molar-refractivity contribution in [2.24, 2.45) is 11.3 Å². The van der Waals surface area contributed by atoms with Gasteiger partial charge in [-0.2, -0.15) is 0 Å². The first-order valence-corrected chi connectivity index (χ1v) is 8.29. The van der Waals surface area contributed by atoms with Gasteiger partial charge in [0.05, 0.1) is 5.75 Å². The molecule has 5 heteroatoms. The van der Waals surface area contributed by atoms with Crippen molar-refractivity contribution in [3.63, 3.8) is 0 Å². The number of hydrogen-bond donors (Lipinski definition) is 2. The minimum absolute atomic E-state index is 0.154. The molecule has 1 aliphatic heterocycles. The van der Waals surface area contributed by atoms with Crippen LogP contribution in [0.2, 0.25) is 0 Å². The fourth-order valence-electron chi connectivity index (χ4n) is 2.60. The maximum absolute atomic E-state index is 11.9. The van der Waals surface area contributed by atoms with E-state index < -0.39 is 10.0 Å².